The third kappa shape index (κ3) is 2.28. The van der Waals surface area contributed by atoms with E-state index < -0.39 is 0 Å². The molecule has 0 aliphatic rings. The van der Waals surface area contributed by atoms with E-state index in [1.807, 2.05) is 35.0 Å². The Morgan fingerprint density at radius 1 is 1.47 bits per heavy atom. The molecule has 0 atom stereocenters. The van der Waals surface area contributed by atoms with Gasteiger partial charge in [0, 0.05) is 50.9 Å². The molecule has 0 N–H and O–H groups in total. The second-order valence-corrected chi connectivity index (χ2v) is 3.36. The van der Waals surface area contributed by atoms with Crippen LogP contribution in [0.25, 0.3) is 17.1 Å². The van der Waals surface area contributed by atoms with E-state index in [2.05, 4.69) is 11.1 Å². The molecule has 0 spiro atoms. The minimum Gasteiger partial charge on any atom is -0.523 e. The van der Waals surface area contributed by atoms with Gasteiger partial charge in [0.1, 0.15) is 6.26 Å². The number of methoxy groups -OCH3 is 1. The number of imidazole rings is 1. The summed E-state index contributed by atoms with van der Waals surface area (Å²) in [7, 11) is 1.62. The number of fused-ring (bicyclic) bond motifs is 1. The Morgan fingerprint density at radius 3 is 3.12 bits per heavy atom. The minimum atomic E-state index is 0. The second-order valence-electron chi connectivity index (χ2n) is 3.36. The molecule has 0 fully saturated rings. The zero-order valence-corrected chi connectivity index (χ0v) is 12.1. The van der Waals surface area contributed by atoms with E-state index in [0.29, 0.717) is 11.6 Å². The molecule has 83 valence electrons. The predicted molar refractivity (Wildman–Crippen MR) is 58.3 cm³/mol. The maximum absolute atomic E-state index is 5.19. The van der Waals surface area contributed by atoms with Crippen molar-refractivity contribution in [2.45, 2.75) is 0 Å². The molecule has 1 aromatic carbocycles. The number of benzene rings is 1. The van der Waals surface area contributed by atoms with Crippen molar-refractivity contribution in [1.82, 2.24) is 9.38 Å². The van der Waals surface area contributed by atoms with Gasteiger partial charge in [0.15, 0.2) is 0 Å². The van der Waals surface area contributed by atoms with Crippen molar-refractivity contribution < 1.29 is 41.9 Å². The monoisotopic (exact) mass is 302 g/mol. The summed E-state index contributed by atoms with van der Waals surface area (Å²) < 4.78 is 12.1. The molecule has 0 aliphatic carbocycles. The molecule has 3 rings (SSSR count). The number of nitrogens with zero attached hydrogens (tertiary/aromatic N) is 2. The smallest absolute Gasteiger partial charge is 0.306 e. The van der Waals surface area contributed by atoms with Crippen molar-refractivity contribution in [1.29, 1.82) is 0 Å². The molecule has 2 aromatic heterocycles. The average molecular weight is 302 g/mol. The van der Waals surface area contributed by atoms with Gasteiger partial charge in [-0.15, -0.1) is 17.7 Å². The van der Waals surface area contributed by atoms with Crippen LogP contribution in [0.3, 0.4) is 0 Å². The van der Waals surface area contributed by atoms with Crippen LogP contribution in [0.15, 0.2) is 41.3 Å². The van der Waals surface area contributed by atoms with Crippen LogP contribution in [-0.2, 0) is 32.7 Å². The molecule has 1 radical (unpaired) electrons. The van der Waals surface area contributed by atoms with E-state index in [9.17, 15) is 0 Å². The summed E-state index contributed by atoms with van der Waals surface area (Å²) in [6, 6.07) is 8.62. The van der Waals surface area contributed by atoms with Crippen molar-refractivity contribution >= 4 is 5.84 Å². The van der Waals surface area contributed by atoms with Gasteiger partial charge < -0.3 is 9.15 Å². The predicted octanol–water partition coefficient (Wildman–Crippen LogP) is 2.40. The van der Waals surface area contributed by atoms with E-state index in [1.165, 1.54) is 0 Å². The number of hydrogen-bond acceptors (Lipinski definition) is 3. The van der Waals surface area contributed by atoms with Crippen LogP contribution in [-0.4, -0.2) is 16.5 Å². The fourth-order valence-electron chi connectivity index (χ4n) is 1.59. The molecule has 0 saturated carbocycles. The van der Waals surface area contributed by atoms with Gasteiger partial charge in [-0.25, -0.2) is 0 Å². The first kappa shape index (κ1) is 12.3. The molecule has 0 saturated heterocycles. The maximum atomic E-state index is 5.19. The summed E-state index contributed by atoms with van der Waals surface area (Å²) in [5, 5.41) is 0. The molecule has 0 unspecified atom stereocenters. The van der Waals surface area contributed by atoms with Crippen molar-refractivity contribution in [3.05, 3.63) is 42.9 Å². The van der Waals surface area contributed by atoms with Crippen LogP contribution in [0.2, 0.25) is 0 Å². The Balaban J connectivity index is 0.00000108. The largest absolute Gasteiger partial charge is 0.523 e. The first-order valence-electron chi connectivity index (χ1n) is 4.85. The van der Waals surface area contributed by atoms with Crippen LogP contribution in [0.4, 0.5) is 0 Å². The van der Waals surface area contributed by atoms with Gasteiger partial charge in [0.05, 0.1) is 12.8 Å². The summed E-state index contributed by atoms with van der Waals surface area (Å²) in [4.78, 5) is 4.35. The molecule has 17 heavy (non-hydrogen) atoms. The Kier molecular flexibility index (Phi) is 3.64. The number of hydrogen-bond donors (Lipinski definition) is 0. The first-order chi connectivity index (χ1) is 7.86. The molecule has 0 amide bonds. The summed E-state index contributed by atoms with van der Waals surface area (Å²) in [6.45, 7) is 0. The summed E-state index contributed by atoms with van der Waals surface area (Å²) >= 11 is 0. The third-order valence-electron chi connectivity index (χ3n) is 2.38. The van der Waals surface area contributed by atoms with E-state index in [1.54, 1.807) is 13.4 Å². The van der Waals surface area contributed by atoms with Gasteiger partial charge in [0.25, 0.3) is 0 Å². The number of oxazole rings is 1. The van der Waals surface area contributed by atoms with Crippen LogP contribution in [0.1, 0.15) is 0 Å². The minimum absolute atomic E-state index is 0. The van der Waals surface area contributed by atoms with Crippen molar-refractivity contribution in [2.24, 2.45) is 0 Å². The molecule has 4 nitrogen and oxygen atoms in total. The summed E-state index contributed by atoms with van der Waals surface area (Å²) in [5.74, 6) is 1.28. The fourth-order valence-corrected chi connectivity index (χ4v) is 1.59. The Bertz CT molecular complexity index is 602. The Hall–Kier alpha value is -1.13. The normalized spacial score (nSPS) is 10.2. The van der Waals surface area contributed by atoms with Gasteiger partial charge in [-0.1, -0.05) is 0 Å². The molecule has 3 aromatic rings. The Morgan fingerprint density at radius 2 is 2.35 bits per heavy atom. The molecule has 2 heterocycles. The standard InChI is InChI=1S/C12H9N2O2.Y/c1-15-10-4-2-3-9(7-10)11-8-14-5-6-16-12(14)13-11;/h2-3,5-8H,1H3;/q-1;. The van der Waals surface area contributed by atoms with Crippen LogP contribution in [0, 0.1) is 6.07 Å². The zero-order valence-electron chi connectivity index (χ0n) is 9.25. The number of rotatable bonds is 2. The number of aromatic nitrogens is 2. The topological polar surface area (TPSA) is 39.7 Å². The van der Waals surface area contributed by atoms with Crippen molar-refractivity contribution in [3.8, 4) is 17.0 Å². The maximum Gasteiger partial charge on any atom is 0.306 e. The third-order valence-corrected chi connectivity index (χ3v) is 2.38. The van der Waals surface area contributed by atoms with E-state index in [4.69, 9.17) is 9.15 Å². The number of ether oxygens (including phenoxy) is 1. The van der Waals surface area contributed by atoms with Crippen molar-refractivity contribution in [3.63, 3.8) is 0 Å². The van der Waals surface area contributed by atoms with Crippen LogP contribution < -0.4 is 4.74 Å². The fraction of sp³-hybridized carbons (Fsp3) is 0.0833. The van der Waals surface area contributed by atoms with Crippen molar-refractivity contribution in [2.75, 3.05) is 7.11 Å². The SMILES string of the molecule is COc1[c-]ccc(-c2cn3ccoc3n2)c1.[Y]. The van der Waals surface area contributed by atoms with E-state index >= 15 is 0 Å². The van der Waals surface area contributed by atoms with E-state index in [-0.39, 0.29) is 32.7 Å². The first-order valence-corrected chi connectivity index (χ1v) is 4.85. The molecule has 0 aliphatic heterocycles. The quantitative estimate of drug-likeness (QED) is 0.682. The zero-order chi connectivity index (χ0) is 11.0. The van der Waals surface area contributed by atoms with E-state index in [0.717, 1.165) is 11.3 Å². The van der Waals surface area contributed by atoms with Gasteiger partial charge in [-0.2, -0.15) is 17.1 Å². The second kappa shape index (κ2) is 5.02. The van der Waals surface area contributed by atoms with Crippen LogP contribution in [0.5, 0.6) is 5.75 Å². The van der Waals surface area contributed by atoms with Crippen LogP contribution >= 0.6 is 0 Å². The molecular weight excluding hydrogens is 293 g/mol. The molecule has 0 bridgehead atoms. The molecular formula is C12H9N2O2Y-. The average Bonchev–Trinajstić information content (AvgIpc) is 2.89. The summed E-state index contributed by atoms with van der Waals surface area (Å²) in [6.07, 6.45) is 5.33. The van der Waals surface area contributed by atoms with Gasteiger partial charge in [-0.05, 0) is 0 Å². The summed E-state index contributed by atoms with van der Waals surface area (Å²) in [5.41, 5.74) is 1.83. The van der Waals surface area contributed by atoms with Gasteiger partial charge >= 0.3 is 5.84 Å². The van der Waals surface area contributed by atoms with Gasteiger partial charge in [-0.3, -0.25) is 4.40 Å². The molecule has 5 heteroatoms. The Labute approximate surface area is 123 Å². The van der Waals surface area contributed by atoms with Gasteiger partial charge in [0.2, 0.25) is 0 Å².